The molecule has 0 saturated heterocycles. The molecular formula is C12H13ClO3S. The molecule has 0 aliphatic heterocycles. The first-order chi connectivity index (χ1) is 8.06. The maximum atomic E-state index is 11.9. The Labute approximate surface area is 107 Å². The fourth-order valence-corrected chi connectivity index (χ4v) is 2.99. The summed E-state index contributed by atoms with van der Waals surface area (Å²) in [6.07, 6.45) is 0. The second-order valence-corrected chi connectivity index (χ2v) is 5.88. The summed E-state index contributed by atoms with van der Waals surface area (Å²) in [4.78, 5) is 0.263. The summed E-state index contributed by atoms with van der Waals surface area (Å²) < 4.78 is 28.5. The van der Waals surface area contributed by atoms with Gasteiger partial charge in [0.15, 0.2) is 9.84 Å². The van der Waals surface area contributed by atoms with Gasteiger partial charge in [-0.05, 0) is 12.1 Å². The second-order valence-electron chi connectivity index (χ2n) is 3.32. The number of halogens is 1. The van der Waals surface area contributed by atoms with E-state index in [0.717, 1.165) is 0 Å². The first-order valence-corrected chi connectivity index (χ1v) is 7.04. The van der Waals surface area contributed by atoms with Crippen molar-refractivity contribution in [3.05, 3.63) is 30.3 Å². The van der Waals surface area contributed by atoms with Gasteiger partial charge in [-0.25, -0.2) is 8.42 Å². The SMILES string of the molecule is COCC#CC(Cl)CS(=O)(=O)c1ccccc1. The molecule has 0 radical (unpaired) electrons. The van der Waals surface area contributed by atoms with Crippen molar-refractivity contribution in [2.45, 2.75) is 10.3 Å². The van der Waals surface area contributed by atoms with Crippen LogP contribution in [0, 0.1) is 11.8 Å². The van der Waals surface area contributed by atoms with Gasteiger partial charge in [0.05, 0.1) is 10.6 Å². The Morgan fingerprint density at radius 1 is 1.35 bits per heavy atom. The van der Waals surface area contributed by atoms with Gasteiger partial charge >= 0.3 is 0 Å². The van der Waals surface area contributed by atoms with E-state index in [0.29, 0.717) is 0 Å². The summed E-state index contributed by atoms with van der Waals surface area (Å²) >= 11 is 5.84. The maximum absolute atomic E-state index is 11.9. The van der Waals surface area contributed by atoms with Crippen LogP contribution in [0.3, 0.4) is 0 Å². The average Bonchev–Trinajstić information content (AvgIpc) is 2.30. The lowest BCUT2D eigenvalue weighted by Crippen LogP contribution is -2.15. The predicted octanol–water partition coefficient (Wildman–Crippen LogP) is 1.72. The summed E-state index contributed by atoms with van der Waals surface area (Å²) in [6.45, 7) is 0.245. The Hall–Kier alpha value is -1.02. The van der Waals surface area contributed by atoms with Crippen molar-refractivity contribution in [2.75, 3.05) is 19.5 Å². The molecule has 1 aromatic carbocycles. The number of rotatable bonds is 4. The largest absolute Gasteiger partial charge is 0.372 e. The molecule has 0 aliphatic carbocycles. The van der Waals surface area contributed by atoms with E-state index in [4.69, 9.17) is 16.3 Å². The van der Waals surface area contributed by atoms with E-state index < -0.39 is 15.2 Å². The molecule has 0 aliphatic rings. The highest BCUT2D eigenvalue weighted by Crippen LogP contribution is 2.13. The van der Waals surface area contributed by atoms with Crippen LogP contribution < -0.4 is 0 Å². The Balaban J connectivity index is 2.72. The van der Waals surface area contributed by atoms with Gasteiger partial charge in [-0.3, -0.25) is 0 Å². The number of hydrogen-bond acceptors (Lipinski definition) is 3. The number of methoxy groups -OCH3 is 1. The summed E-state index contributed by atoms with van der Waals surface area (Å²) in [7, 11) is -1.86. The molecule has 1 atom stereocenters. The minimum absolute atomic E-state index is 0.199. The zero-order valence-electron chi connectivity index (χ0n) is 9.39. The smallest absolute Gasteiger partial charge is 0.180 e. The van der Waals surface area contributed by atoms with Crippen molar-refractivity contribution < 1.29 is 13.2 Å². The van der Waals surface area contributed by atoms with Gasteiger partial charge in [-0.15, -0.1) is 11.6 Å². The Morgan fingerprint density at radius 2 is 2.00 bits per heavy atom. The molecule has 17 heavy (non-hydrogen) atoms. The molecule has 1 aromatic rings. The molecule has 5 heteroatoms. The van der Waals surface area contributed by atoms with Crippen molar-refractivity contribution in [1.29, 1.82) is 0 Å². The van der Waals surface area contributed by atoms with Crippen molar-refractivity contribution in [3.8, 4) is 11.8 Å². The number of ether oxygens (including phenoxy) is 1. The molecule has 0 fully saturated rings. The summed E-state index contributed by atoms with van der Waals surface area (Å²) in [5.41, 5.74) is 0. The third-order valence-corrected chi connectivity index (χ3v) is 4.15. The molecular weight excluding hydrogens is 260 g/mol. The van der Waals surface area contributed by atoms with E-state index in [1.165, 1.54) is 7.11 Å². The number of alkyl halides is 1. The highest BCUT2D eigenvalue weighted by Gasteiger charge is 2.17. The molecule has 0 aromatic heterocycles. The topological polar surface area (TPSA) is 43.4 Å². The summed E-state index contributed by atoms with van der Waals surface area (Å²) in [5.74, 6) is 5.06. The third kappa shape index (κ3) is 4.78. The van der Waals surface area contributed by atoms with Crippen LogP contribution in [-0.4, -0.2) is 33.3 Å². The third-order valence-electron chi connectivity index (χ3n) is 1.94. The normalized spacial score (nSPS) is 12.6. The first-order valence-electron chi connectivity index (χ1n) is 4.95. The van der Waals surface area contributed by atoms with Crippen LogP contribution in [0.5, 0.6) is 0 Å². The van der Waals surface area contributed by atoms with E-state index >= 15 is 0 Å². The van der Waals surface area contributed by atoms with Gasteiger partial charge in [-0.1, -0.05) is 30.0 Å². The standard InChI is InChI=1S/C12H13ClO3S/c1-16-9-5-6-11(13)10-17(14,15)12-7-3-2-4-8-12/h2-4,7-8,11H,9-10H2,1H3. The second kappa shape index (κ2) is 6.65. The van der Waals surface area contributed by atoms with Crippen LogP contribution in [0.2, 0.25) is 0 Å². The van der Waals surface area contributed by atoms with E-state index in [2.05, 4.69) is 11.8 Å². The quantitative estimate of drug-likeness (QED) is 0.619. The summed E-state index contributed by atoms with van der Waals surface area (Å²) in [5, 5.41) is -0.727. The molecule has 0 spiro atoms. The van der Waals surface area contributed by atoms with Crippen molar-refractivity contribution in [2.24, 2.45) is 0 Å². The monoisotopic (exact) mass is 272 g/mol. The molecule has 0 heterocycles. The molecule has 0 N–H and O–H groups in total. The van der Waals surface area contributed by atoms with Crippen LogP contribution in [0.1, 0.15) is 0 Å². The molecule has 0 bridgehead atoms. The van der Waals surface area contributed by atoms with E-state index in [-0.39, 0.29) is 17.3 Å². The molecule has 3 nitrogen and oxygen atoms in total. The van der Waals surface area contributed by atoms with Crippen molar-refractivity contribution in [3.63, 3.8) is 0 Å². The van der Waals surface area contributed by atoms with Gasteiger partial charge < -0.3 is 4.74 Å². The zero-order valence-corrected chi connectivity index (χ0v) is 11.0. The van der Waals surface area contributed by atoms with Gasteiger partial charge in [0, 0.05) is 7.11 Å². The van der Waals surface area contributed by atoms with E-state index in [1.54, 1.807) is 30.3 Å². The van der Waals surface area contributed by atoms with Crippen molar-refractivity contribution >= 4 is 21.4 Å². The number of sulfone groups is 1. The van der Waals surface area contributed by atoms with Crippen LogP contribution in [0.15, 0.2) is 35.2 Å². The summed E-state index contributed by atoms with van der Waals surface area (Å²) in [6, 6.07) is 8.19. The van der Waals surface area contributed by atoms with Crippen LogP contribution in [-0.2, 0) is 14.6 Å². The zero-order chi connectivity index (χ0) is 12.7. The Morgan fingerprint density at radius 3 is 2.59 bits per heavy atom. The number of hydrogen-bond donors (Lipinski definition) is 0. The van der Waals surface area contributed by atoms with Gasteiger partial charge in [-0.2, -0.15) is 0 Å². The Kier molecular flexibility index (Phi) is 5.49. The fourth-order valence-electron chi connectivity index (χ4n) is 1.18. The van der Waals surface area contributed by atoms with Gasteiger partial charge in [0.1, 0.15) is 12.0 Å². The molecule has 1 unspecified atom stereocenters. The predicted molar refractivity (Wildman–Crippen MR) is 67.8 cm³/mol. The molecule has 0 amide bonds. The number of benzene rings is 1. The molecule has 92 valence electrons. The maximum Gasteiger partial charge on any atom is 0.180 e. The lowest BCUT2D eigenvalue weighted by Gasteiger charge is -2.04. The van der Waals surface area contributed by atoms with E-state index in [1.807, 2.05) is 0 Å². The lowest BCUT2D eigenvalue weighted by molar-refractivity contribution is 0.239. The highest BCUT2D eigenvalue weighted by molar-refractivity contribution is 7.91. The van der Waals surface area contributed by atoms with Crippen LogP contribution in [0.25, 0.3) is 0 Å². The van der Waals surface area contributed by atoms with Crippen molar-refractivity contribution in [1.82, 2.24) is 0 Å². The average molecular weight is 273 g/mol. The Bertz CT molecular complexity index is 500. The van der Waals surface area contributed by atoms with Gasteiger partial charge in [0.25, 0.3) is 0 Å². The minimum atomic E-state index is -3.37. The lowest BCUT2D eigenvalue weighted by atomic mass is 10.4. The van der Waals surface area contributed by atoms with Gasteiger partial charge in [0.2, 0.25) is 0 Å². The van der Waals surface area contributed by atoms with Crippen LogP contribution >= 0.6 is 11.6 Å². The minimum Gasteiger partial charge on any atom is -0.372 e. The van der Waals surface area contributed by atoms with E-state index in [9.17, 15) is 8.42 Å². The molecule has 0 saturated carbocycles. The van der Waals surface area contributed by atoms with Crippen LogP contribution in [0.4, 0.5) is 0 Å². The molecule has 1 rings (SSSR count). The highest BCUT2D eigenvalue weighted by atomic mass is 35.5. The first kappa shape index (κ1) is 14.0. The fraction of sp³-hybridized carbons (Fsp3) is 0.333.